The maximum Gasteiger partial charge on any atom is 0.303 e. The van der Waals surface area contributed by atoms with Gasteiger partial charge in [0.05, 0.1) is 23.4 Å². The largest absolute Gasteiger partial charge is 0.496 e. The van der Waals surface area contributed by atoms with Crippen molar-refractivity contribution in [3.63, 3.8) is 0 Å². The first-order chi connectivity index (χ1) is 12.4. The van der Waals surface area contributed by atoms with Crippen molar-refractivity contribution in [2.45, 2.75) is 38.1 Å². The Balaban J connectivity index is 1.81. The van der Waals surface area contributed by atoms with Crippen molar-refractivity contribution >= 4 is 29.2 Å². The molecule has 1 aromatic rings. The Bertz CT molecular complexity index is 646. The number of aliphatic carboxylic acids is 1. The summed E-state index contributed by atoms with van der Waals surface area (Å²) in [5, 5.41) is 12.0. The molecule has 1 saturated heterocycles. The van der Waals surface area contributed by atoms with Gasteiger partial charge in [-0.05, 0) is 38.3 Å². The van der Waals surface area contributed by atoms with Crippen LogP contribution in [0.25, 0.3) is 0 Å². The summed E-state index contributed by atoms with van der Waals surface area (Å²) in [6.45, 7) is 2.67. The molecule has 8 heteroatoms. The molecule has 0 atom stereocenters. The summed E-state index contributed by atoms with van der Waals surface area (Å²) in [4.78, 5) is 25.4. The summed E-state index contributed by atoms with van der Waals surface area (Å²) in [7, 11) is 1.49. The molecule has 0 unspecified atom stereocenters. The maximum atomic E-state index is 12.6. The lowest BCUT2D eigenvalue weighted by molar-refractivity contribution is -0.137. The number of carbonyl (C=O) groups excluding carboxylic acids is 1. The van der Waals surface area contributed by atoms with E-state index in [4.69, 9.17) is 27.2 Å². The van der Waals surface area contributed by atoms with Gasteiger partial charge in [0.15, 0.2) is 0 Å². The number of benzene rings is 1. The average Bonchev–Trinajstić information content (AvgIpc) is 2.61. The topological polar surface area (TPSA) is 105 Å². The van der Waals surface area contributed by atoms with E-state index >= 15 is 0 Å². The van der Waals surface area contributed by atoms with E-state index in [0.29, 0.717) is 28.4 Å². The number of hydrogen-bond donors (Lipinski definition) is 3. The molecule has 1 fully saturated rings. The molecule has 2 rings (SSSR count). The normalized spacial score (nSPS) is 15.6. The van der Waals surface area contributed by atoms with Crippen LogP contribution in [0.15, 0.2) is 12.1 Å². The van der Waals surface area contributed by atoms with Gasteiger partial charge in [-0.2, -0.15) is 0 Å². The number of methoxy groups -OCH3 is 1. The number of ether oxygens (including phenoxy) is 1. The van der Waals surface area contributed by atoms with E-state index in [1.807, 2.05) is 0 Å². The number of piperidine rings is 1. The number of halogens is 1. The minimum atomic E-state index is -0.746. The van der Waals surface area contributed by atoms with E-state index in [1.54, 1.807) is 6.07 Å². The predicted molar refractivity (Wildman–Crippen MR) is 101 cm³/mol. The van der Waals surface area contributed by atoms with E-state index < -0.39 is 5.97 Å². The molecule has 1 aliphatic rings. The van der Waals surface area contributed by atoms with Crippen LogP contribution in [0, 0.1) is 0 Å². The van der Waals surface area contributed by atoms with Crippen LogP contribution in [0.4, 0.5) is 5.69 Å². The number of hydrogen-bond acceptors (Lipinski definition) is 5. The highest BCUT2D eigenvalue weighted by Gasteiger charge is 2.23. The van der Waals surface area contributed by atoms with E-state index in [2.05, 4.69) is 10.2 Å². The molecule has 0 bridgehead atoms. The Kier molecular flexibility index (Phi) is 7.53. The Labute approximate surface area is 158 Å². The van der Waals surface area contributed by atoms with Crippen molar-refractivity contribution in [1.82, 2.24) is 10.2 Å². The predicted octanol–water partition coefficient (Wildman–Crippen LogP) is 2.38. The molecule has 0 spiro atoms. The van der Waals surface area contributed by atoms with Crippen LogP contribution in [0.5, 0.6) is 5.75 Å². The van der Waals surface area contributed by atoms with Crippen LogP contribution in [0.1, 0.15) is 42.5 Å². The van der Waals surface area contributed by atoms with Gasteiger partial charge in [0.25, 0.3) is 5.91 Å². The molecule has 0 aromatic heterocycles. The lowest BCUT2D eigenvalue weighted by Gasteiger charge is -2.32. The van der Waals surface area contributed by atoms with Gasteiger partial charge >= 0.3 is 5.97 Å². The first-order valence-corrected chi connectivity index (χ1v) is 9.16. The first kappa shape index (κ1) is 20.3. The molecule has 7 nitrogen and oxygen atoms in total. The Hall–Kier alpha value is -1.99. The fourth-order valence-electron chi connectivity index (χ4n) is 3.09. The second kappa shape index (κ2) is 9.64. The number of nitrogen functional groups attached to an aromatic ring is 1. The van der Waals surface area contributed by atoms with Crippen LogP contribution in [-0.2, 0) is 4.79 Å². The highest BCUT2D eigenvalue weighted by atomic mass is 35.5. The molecule has 1 aromatic carbocycles. The molecule has 1 heterocycles. The molecule has 1 amide bonds. The zero-order valence-electron chi connectivity index (χ0n) is 15.0. The number of rotatable bonds is 8. The number of unbranched alkanes of at least 4 members (excludes halogenated alkanes) is 1. The van der Waals surface area contributed by atoms with Crippen molar-refractivity contribution in [2.24, 2.45) is 0 Å². The molecular weight excluding hydrogens is 358 g/mol. The van der Waals surface area contributed by atoms with E-state index in [-0.39, 0.29) is 18.4 Å². The van der Waals surface area contributed by atoms with E-state index in [0.717, 1.165) is 38.9 Å². The number of amides is 1. The van der Waals surface area contributed by atoms with Crippen LogP contribution in [-0.4, -0.2) is 54.7 Å². The standard InChI is InChI=1S/C18H26ClN3O4/c1-26-16-11-15(20)14(19)10-13(16)18(25)21-12-5-8-22(9-6-12)7-3-2-4-17(23)24/h10-12H,2-9,20H2,1H3,(H,21,25)(H,23,24). The summed E-state index contributed by atoms with van der Waals surface area (Å²) in [6.07, 6.45) is 3.51. The second-order valence-electron chi connectivity index (χ2n) is 6.51. The highest BCUT2D eigenvalue weighted by Crippen LogP contribution is 2.29. The third-order valence-corrected chi connectivity index (χ3v) is 4.93. The Morgan fingerprint density at radius 1 is 1.35 bits per heavy atom. The van der Waals surface area contributed by atoms with Gasteiger partial charge in [-0.1, -0.05) is 11.6 Å². The van der Waals surface area contributed by atoms with Crippen molar-refractivity contribution in [2.75, 3.05) is 32.5 Å². The number of nitrogens with two attached hydrogens (primary N) is 1. The number of likely N-dealkylation sites (tertiary alicyclic amines) is 1. The van der Waals surface area contributed by atoms with Gasteiger partial charge in [-0.25, -0.2) is 0 Å². The summed E-state index contributed by atoms with van der Waals surface area (Å²) < 4.78 is 5.23. The van der Waals surface area contributed by atoms with Crippen molar-refractivity contribution in [3.8, 4) is 5.75 Å². The van der Waals surface area contributed by atoms with Crippen molar-refractivity contribution in [3.05, 3.63) is 22.7 Å². The van der Waals surface area contributed by atoms with E-state index in [1.165, 1.54) is 13.2 Å². The third-order valence-electron chi connectivity index (χ3n) is 4.60. The average molecular weight is 384 g/mol. The minimum Gasteiger partial charge on any atom is -0.496 e. The fraction of sp³-hybridized carbons (Fsp3) is 0.556. The maximum absolute atomic E-state index is 12.6. The van der Waals surface area contributed by atoms with Crippen LogP contribution >= 0.6 is 11.6 Å². The molecule has 0 radical (unpaired) electrons. The number of nitrogens with one attached hydrogen (secondary N) is 1. The molecule has 144 valence electrons. The van der Waals surface area contributed by atoms with Crippen LogP contribution in [0.2, 0.25) is 5.02 Å². The summed E-state index contributed by atoms with van der Waals surface area (Å²) >= 11 is 6.02. The molecular formula is C18H26ClN3O4. The van der Waals surface area contributed by atoms with E-state index in [9.17, 15) is 9.59 Å². The Morgan fingerprint density at radius 3 is 2.65 bits per heavy atom. The van der Waals surface area contributed by atoms with Gasteiger partial charge < -0.3 is 25.8 Å². The van der Waals surface area contributed by atoms with Crippen molar-refractivity contribution in [1.29, 1.82) is 0 Å². The smallest absolute Gasteiger partial charge is 0.303 e. The van der Waals surface area contributed by atoms with Gasteiger partial charge in [0, 0.05) is 31.6 Å². The molecule has 26 heavy (non-hydrogen) atoms. The zero-order chi connectivity index (χ0) is 19.1. The fourth-order valence-corrected chi connectivity index (χ4v) is 3.25. The SMILES string of the molecule is COc1cc(N)c(Cl)cc1C(=O)NC1CCN(CCCCC(=O)O)CC1. The summed E-state index contributed by atoms with van der Waals surface area (Å²) in [5.74, 6) is -0.562. The monoisotopic (exact) mass is 383 g/mol. The Morgan fingerprint density at radius 2 is 2.04 bits per heavy atom. The lowest BCUT2D eigenvalue weighted by atomic mass is 10.0. The number of carboxylic acid groups (broad SMARTS) is 1. The number of carbonyl (C=O) groups is 2. The number of nitrogens with zero attached hydrogens (tertiary/aromatic N) is 1. The van der Waals surface area contributed by atoms with Crippen molar-refractivity contribution < 1.29 is 19.4 Å². The quantitative estimate of drug-likeness (QED) is 0.470. The lowest BCUT2D eigenvalue weighted by Crippen LogP contribution is -2.44. The minimum absolute atomic E-state index is 0.0961. The number of carboxylic acids is 1. The molecule has 0 aliphatic carbocycles. The highest BCUT2D eigenvalue weighted by molar-refractivity contribution is 6.33. The number of anilines is 1. The van der Waals surface area contributed by atoms with Crippen LogP contribution in [0.3, 0.4) is 0 Å². The second-order valence-corrected chi connectivity index (χ2v) is 6.92. The van der Waals surface area contributed by atoms with Gasteiger partial charge in [0.2, 0.25) is 0 Å². The van der Waals surface area contributed by atoms with Gasteiger partial charge in [0.1, 0.15) is 5.75 Å². The molecule has 4 N–H and O–H groups in total. The van der Waals surface area contributed by atoms with Gasteiger partial charge in [-0.15, -0.1) is 0 Å². The summed E-state index contributed by atoms with van der Waals surface area (Å²) in [5.41, 5.74) is 6.50. The zero-order valence-corrected chi connectivity index (χ0v) is 15.7. The van der Waals surface area contributed by atoms with Crippen LogP contribution < -0.4 is 15.8 Å². The molecule has 0 saturated carbocycles. The van der Waals surface area contributed by atoms with Gasteiger partial charge in [-0.3, -0.25) is 9.59 Å². The summed E-state index contributed by atoms with van der Waals surface area (Å²) in [6, 6.07) is 3.18. The third kappa shape index (κ3) is 5.78. The molecule has 1 aliphatic heterocycles. The first-order valence-electron chi connectivity index (χ1n) is 8.78.